The standard InChI is InChI=1S/C8H14S2/c1-8-4-2-5-9-6-3-7-10-8/h1-7H2. The molecule has 58 valence electrons. The molecule has 0 aromatic carbocycles. The minimum absolute atomic E-state index is 1.23. The van der Waals surface area contributed by atoms with Crippen molar-refractivity contribution in [3.63, 3.8) is 0 Å². The van der Waals surface area contributed by atoms with Crippen molar-refractivity contribution >= 4 is 23.5 Å². The van der Waals surface area contributed by atoms with Crippen LogP contribution >= 0.6 is 23.5 Å². The molecular formula is C8H14S2. The molecule has 1 saturated heterocycles. The SMILES string of the molecule is C=C1CCCSCCCS1. The Labute approximate surface area is 71.8 Å². The second kappa shape index (κ2) is 5.14. The van der Waals surface area contributed by atoms with Crippen molar-refractivity contribution in [1.82, 2.24) is 0 Å². The summed E-state index contributed by atoms with van der Waals surface area (Å²) in [4.78, 5) is 1.39. The summed E-state index contributed by atoms with van der Waals surface area (Å²) in [6.07, 6.45) is 3.92. The molecule has 0 amide bonds. The first-order valence-electron chi connectivity index (χ1n) is 3.78. The van der Waals surface area contributed by atoms with Crippen molar-refractivity contribution in [3.05, 3.63) is 11.5 Å². The Hall–Kier alpha value is 0.440. The molecule has 1 aliphatic rings. The van der Waals surface area contributed by atoms with E-state index in [-0.39, 0.29) is 0 Å². The number of hydrogen-bond donors (Lipinski definition) is 0. The van der Waals surface area contributed by atoms with Crippen LogP contribution < -0.4 is 0 Å². The van der Waals surface area contributed by atoms with Crippen molar-refractivity contribution in [3.8, 4) is 0 Å². The summed E-state index contributed by atoms with van der Waals surface area (Å²) in [5.74, 6) is 3.96. The number of thioether (sulfide) groups is 2. The Bertz CT molecular complexity index is 97.8. The fraction of sp³-hybridized carbons (Fsp3) is 0.750. The maximum absolute atomic E-state index is 4.01. The van der Waals surface area contributed by atoms with Crippen LogP contribution in [0.2, 0.25) is 0 Å². The van der Waals surface area contributed by atoms with Gasteiger partial charge in [0.25, 0.3) is 0 Å². The van der Waals surface area contributed by atoms with Crippen LogP contribution in [0.3, 0.4) is 0 Å². The molecule has 1 rings (SSSR count). The molecule has 0 nitrogen and oxygen atoms in total. The van der Waals surface area contributed by atoms with Gasteiger partial charge >= 0.3 is 0 Å². The molecule has 1 heterocycles. The van der Waals surface area contributed by atoms with E-state index in [0.29, 0.717) is 0 Å². The predicted molar refractivity (Wildman–Crippen MR) is 52.8 cm³/mol. The van der Waals surface area contributed by atoms with E-state index in [2.05, 4.69) is 18.3 Å². The van der Waals surface area contributed by atoms with Gasteiger partial charge in [0.2, 0.25) is 0 Å². The summed E-state index contributed by atoms with van der Waals surface area (Å²) in [7, 11) is 0. The monoisotopic (exact) mass is 174 g/mol. The van der Waals surface area contributed by atoms with E-state index in [1.807, 2.05) is 11.8 Å². The molecular weight excluding hydrogens is 160 g/mol. The highest BCUT2D eigenvalue weighted by atomic mass is 32.2. The van der Waals surface area contributed by atoms with Gasteiger partial charge in [0.15, 0.2) is 0 Å². The molecule has 10 heavy (non-hydrogen) atoms. The van der Waals surface area contributed by atoms with E-state index in [9.17, 15) is 0 Å². The third kappa shape index (κ3) is 3.57. The zero-order valence-electron chi connectivity index (χ0n) is 6.27. The zero-order valence-corrected chi connectivity index (χ0v) is 7.90. The van der Waals surface area contributed by atoms with E-state index >= 15 is 0 Å². The van der Waals surface area contributed by atoms with Gasteiger partial charge in [-0.1, -0.05) is 6.58 Å². The molecule has 0 spiro atoms. The Morgan fingerprint density at radius 1 is 1.10 bits per heavy atom. The highest BCUT2D eigenvalue weighted by Crippen LogP contribution is 2.23. The normalized spacial score (nSPS) is 23.0. The van der Waals surface area contributed by atoms with E-state index < -0.39 is 0 Å². The Balaban J connectivity index is 2.21. The lowest BCUT2D eigenvalue weighted by Crippen LogP contribution is -1.81. The van der Waals surface area contributed by atoms with Gasteiger partial charge in [-0.05, 0) is 41.4 Å². The Kier molecular flexibility index (Phi) is 4.39. The van der Waals surface area contributed by atoms with Crippen LogP contribution in [-0.2, 0) is 0 Å². The molecule has 0 unspecified atom stereocenters. The first-order valence-corrected chi connectivity index (χ1v) is 5.92. The average Bonchev–Trinajstić information content (AvgIpc) is 2.02. The molecule has 0 bridgehead atoms. The molecule has 0 N–H and O–H groups in total. The summed E-state index contributed by atoms with van der Waals surface area (Å²) in [6, 6.07) is 0. The third-order valence-electron chi connectivity index (χ3n) is 1.48. The average molecular weight is 174 g/mol. The lowest BCUT2D eigenvalue weighted by Gasteiger charge is -1.99. The van der Waals surface area contributed by atoms with E-state index in [1.165, 1.54) is 41.4 Å². The summed E-state index contributed by atoms with van der Waals surface area (Å²) >= 11 is 4.05. The van der Waals surface area contributed by atoms with Gasteiger partial charge in [-0.2, -0.15) is 11.8 Å². The van der Waals surface area contributed by atoms with Gasteiger partial charge < -0.3 is 0 Å². The first-order chi connectivity index (χ1) is 4.89. The molecule has 0 aromatic heterocycles. The largest absolute Gasteiger partial charge is 0.162 e. The summed E-state index contributed by atoms with van der Waals surface area (Å²) in [6.45, 7) is 4.01. The second-order valence-corrected chi connectivity index (χ2v) is 4.96. The number of hydrogen-bond acceptors (Lipinski definition) is 2. The maximum Gasteiger partial charge on any atom is -0.00156 e. The van der Waals surface area contributed by atoms with Gasteiger partial charge in [-0.25, -0.2) is 0 Å². The fourth-order valence-electron chi connectivity index (χ4n) is 0.923. The minimum Gasteiger partial charge on any atom is -0.162 e. The lowest BCUT2D eigenvalue weighted by atomic mass is 10.3. The quantitative estimate of drug-likeness (QED) is 0.553. The molecule has 0 aromatic rings. The second-order valence-electron chi connectivity index (χ2n) is 2.46. The summed E-state index contributed by atoms with van der Waals surface area (Å²) in [5, 5.41) is 0. The van der Waals surface area contributed by atoms with Crippen molar-refractivity contribution in [2.75, 3.05) is 17.3 Å². The van der Waals surface area contributed by atoms with Crippen molar-refractivity contribution in [2.45, 2.75) is 19.3 Å². The van der Waals surface area contributed by atoms with Gasteiger partial charge in [0.05, 0.1) is 0 Å². The van der Waals surface area contributed by atoms with Crippen LogP contribution in [0.1, 0.15) is 19.3 Å². The number of rotatable bonds is 0. The number of allylic oxidation sites excluding steroid dienone is 1. The van der Waals surface area contributed by atoms with Crippen LogP contribution in [0.15, 0.2) is 11.5 Å². The first kappa shape index (κ1) is 8.54. The van der Waals surface area contributed by atoms with Gasteiger partial charge in [-0.3, -0.25) is 0 Å². The molecule has 0 saturated carbocycles. The predicted octanol–water partition coefficient (Wildman–Crippen LogP) is 3.15. The molecule has 0 aliphatic carbocycles. The van der Waals surface area contributed by atoms with Gasteiger partial charge in [-0.15, -0.1) is 11.8 Å². The summed E-state index contributed by atoms with van der Waals surface area (Å²) < 4.78 is 0. The van der Waals surface area contributed by atoms with Crippen LogP contribution in [0.4, 0.5) is 0 Å². The lowest BCUT2D eigenvalue weighted by molar-refractivity contribution is 0.964. The maximum atomic E-state index is 4.01. The van der Waals surface area contributed by atoms with E-state index in [0.717, 1.165) is 0 Å². The van der Waals surface area contributed by atoms with Crippen LogP contribution in [0.5, 0.6) is 0 Å². The van der Waals surface area contributed by atoms with Gasteiger partial charge in [0, 0.05) is 0 Å². The minimum atomic E-state index is 1.23. The van der Waals surface area contributed by atoms with E-state index in [1.54, 1.807) is 0 Å². The van der Waals surface area contributed by atoms with E-state index in [4.69, 9.17) is 0 Å². The highest BCUT2D eigenvalue weighted by molar-refractivity contribution is 8.03. The van der Waals surface area contributed by atoms with Gasteiger partial charge in [0.1, 0.15) is 0 Å². The third-order valence-corrected chi connectivity index (χ3v) is 3.74. The van der Waals surface area contributed by atoms with Crippen molar-refractivity contribution in [2.24, 2.45) is 0 Å². The van der Waals surface area contributed by atoms with Crippen LogP contribution in [-0.4, -0.2) is 17.3 Å². The molecule has 2 heteroatoms. The topological polar surface area (TPSA) is 0 Å². The fourth-order valence-corrected chi connectivity index (χ4v) is 2.87. The van der Waals surface area contributed by atoms with Crippen molar-refractivity contribution in [1.29, 1.82) is 0 Å². The highest BCUT2D eigenvalue weighted by Gasteiger charge is 1.99. The molecule has 1 aliphatic heterocycles. The summed E-state index contributed by atoms with van der Waals surface area (Å²) in [5.41, 5.74) is 0. The smallest absolute Gasteiger partial charge is 0.00156 e. The van der Waals surface area contributed by atoms with Crippen LogP contribution in [0, 0.1) is 0 Å². The zero-order chi connectivity index (χ0) is 7.23. The van der Waals surface area contributed by atoms with Crippen molar-refractivity contribution < 1.29 is 0 Å². The Morgan fingerprint density at radius 3 is 2.80 bits per heavy atom. The molecule has 1 fully saturated rings. The Morgan fingerprint density at radius 2 is 1.90 bits per heavy atom. The molecule has 0 radical (unpaired) electrons. The molecule has 0 atom stereocenters. The van der Waals surface area contributed by atoms with Crippen LogP contribution in [0.25, 0.3) is 0 Å².